The van der Waals surface area contributed by atoms with Gasteiger partial charge in [-0.2, -0.15) is 0 Å². The standard InChI is InChI=1S/C60H40/c1-4-13-41(14-5-1)44-23-27-47(28-24-44)51-36-38-56-57(39-51)59(50-33-31-46(32-34-50)43-17-8-3-9-18-43)55-37-35-52(48-29-25-45(26-30-48)42-15-6-2-7-16-42)40-58(55)60(56)54-22-12-20-49-19-10-11-21-53(49)54/h1-40H. The molecule has 0 heterocycles. The minimum atomic E-state index is 1.20. The summed E-state index contributed by atoms with van der Waals surface area (Å²) >= 11 is 0. The zero-order valence-electron chi connectivity index (χ0n) is 33.1. The Labute approximate surface area is 351 Å². The highest BCUT2D eigenvalue weighted by Crippen LogP contribution is 2.47. The molecule has 0 radical (unpaired) electrons. The van der Waals surface area contributed by atoms with Crippen molar-refractivity contribution < 1.29 is 0 Å². The normalized spacial score (nSPS) is 11.3. The van der Waals surface area contributed by atoms with E-state index >= 15 is 0 Å². The van der Waals surface area contributed by atoms with Crippen LogP contribution in [0.15, 0.2) is 243 Å². The van der Waals surface area contributed by atoms with E-state index < -0.39 is 0 Å². The van der Waals surface area contributed by atoms with Gasteiger partial charge in [0, 0.05) is 0 Å². The Hall–Kier alpha value is -7.80. The molecule has 0 heteroatoms. The smallest absolute Gasteiger partial charge is 0.00199 e. The van der Waals surface area contributed by atoms with Crippen LogP contribution in [0.4, 0.5) is 0 Å². The highest BCUT2D eigenvalue weighted by molar-refractivity contribution is 6.24. The highest BCUT2D eigenvalue weighted by Gasteiger charge is 2.20. The summed E-state index contributed by atoms with van der Waals surface area (Å²) in [5.74, 6) is 0. The Balaban J connectivity index is 1.17. The van der Waals surface area contributed by atoms with E-state index in [2.05, 4.69) is 243 Å². The van der Waals surface area contributed by atoms with Crippen LogP contribution in [0, 0.1) is 0 Å². The lowest BCUT2D eigenvalue weighted by Gasteiger charge is -2.21. The molecule has 280 valence electrons. The number of benzene rings is 11. The van der Waals surface area contributed by atoms with Crippen LogP contribution in [0.2, 0.25) is 0 Å². The van der Waals surface area contributed by atoms with Gasteiger partial charge in [0.05, 0.1) is 0 Å². The third kappa shape index (κ3) is 6.46. The van der Waals surface area contributed by atoms with Crippen LogP contribution in [-0.4, -0.2) is 0 Å². The second kappa shape index (κ2) is 15.2. The van der Waals surface area contributed by atoms with Gasteiger partial charge in [0.25, 0.3) is 0 Å². The fourth-order valence-electron chi connectivity index (χ4n) is 9.06. The molecule has 0 saturated heterocycles. The molecule has 0 saturated carbocycles. The van der Waals surface area contributed by atoms with Crippen molar-refractivity contribution in [2.45, 2.75) is 0 Å². The van der Waals surface area contributed by atoms with Gasteiger partial charge < -0.3 is 0 Å². The Morgan fingerprint density at radius 3 is 0.983 bits per heavy atom. The number of hydrogen-bond donors (Lipinski definition) is 0. The first-order valence-corrected chi connectivity index (χ1v) is 20.7. The van der Waals surface area contributed by atoms with Crippen LogP contribution >= 0.6 is 0 Å². The number of hydrogen-bond acceptors (Lipinski definition) is 0. The minimum Gasteiger partial charge on any atom is -0.0622 e. The van der Waals surface area contributed by atoms with Crippen molar-refractivity contribution in [3.8, 4) is 77.9 Å². The number of fused-ring (bicyclic) bond motifs is 3. The van der Waals surface area contributed by atoms with Crippen molar-refractivity contribution in [1.29, 1.82) is 0 Å². The fraction of sp³-hybridized carbons (Fsp3) is 0. The lowest BCUT2D eigenvalue weighted by atomic mass is 9.82. The molecule has 0 aromatic heterocycles. The maximum absolute atomic E-state index is 2.43. The minimum absolute atomic E-state index is 1.20. The first kappa shape index (κ1) is 35.4. The van der Waals surface area contributed by atoms with Crippen LogP contribution in [-0.2, 0) is 0 Å². The van der Waals surface area contributed by atoms with Gasteiger partial charge in [0.1, 0.15) is 0 Å². The molecule has 0 nitrogen and oxygen atoms in total. The third-order valence-electron chi connectivity index (χ3n) is 12.1. The summed E-state index contributed by atoms with van der Waals surface area (Å²) in [5.41, 5.74) is 17.0. The average Bonchev–Trinajstić information content (AvgIpc) is 3.34. The third-order valence-corrected chi connectivity index (χ3v) is 12.1. The van der Waals surface area contributed by atoms with E-state index in [1.165, 1.54) is 110 Å². The van der Waals surface area contributed by atoms with E-state index in [1.54, 1.807) is 0 Å². The van der Waals surface area contributed by atoms with Crippen molar-refractivity contribution in [3.05, 3.63) is 243 Å². The first-order chi connectivity index (χ1) is 29.7. The molecule has 11 rings (SSSR count). The summed E-state index contributed by atoms with van der Waals surface area (Å²) in [4.78, 5) is 0. The predicted molar refractivity (Wildman–Crippen MR) is 257 cm³/mol. The Kier molecular flexibility index (Phi) is 8.95. The second-order valence-electron chi connectivity index (χ2n) is 15.6. The molecule has 11 aromatic rings. The van der Waals surface area contributed by atoms with Crippen LogP contribution < -0.4 is 0 Å². The molecule has 0 spiro atoms. The Morgan fingerprint density at radius 1 is 0.167 bits per heavy atom. The molecule has 11 aromatic carbocycles. The zero-order chi connectivity index (χ0) is 39.8. The molecule has 0 aliphatic carbocycles. The van der Waals surface area contributed by atoms with Crippen LogP contribution in [0.3, 0.4) is 0 Å². The van der Waals surface area contributed by atoms with Crippen LogP contribution in [0.1, 0.15) is 0 Å². The van der Waals surface area contributed by atoms with Gasteiger partial charge in [-0.05, 0) is 122 Å². The second-order valence-corrected chi connectivity index (χ2v) is 15.6. The van der Waals surface area contributed by atoms with Crippen LogP contribution in [0.5, 0.6) is 0 Å². The quantitative estimate of drug-likeness (QED) is 0.142. The Bertz CT molecular complexity index is 3280. The largest absolute Gasteiger partial charge is 0.0622 e. The SMILES string of the molecule is c1ccc(-c2ccc(-c3ccc4c(-c5cccc6ccccc56)c5cc(-c6ccc(-c7ccccc7)cc6)ccc5c(-c5ccc(-c6ccccc6)cc5)c4c3)cc2)cc1. The summed E-state index contributed by atoms with van der Waals surface area (Å²) in [7, 11) is 0. The van der Waals surface area contributed by atoms with Crippen molar-refractivity contribution in [2.24, 2.45) is 0 Å². The van der Waals surface area contributed by atoms with E-state index in [0.29, 0.717) is 0 Å². The van der Waals surface area contributed by atoms with Crippen molar-refractivity contribution >= 4 is 32.3 Å². The number of rotatable bonds is 7. The molecular formula is C60H40. The molecule has 0 aliphatic rings. The molecule has 0 amide bonds. The zero-order valence-corrected chi connectivity index (χ0v) is 33.1. The van der Waals surface area contributed by atoms with E-state index in [9.17, 15) is 0 Å². The monoisotopic (exact) mass is 760 g/mol. The van der Waals surface area contributed by atoms with Crippen molar-refractivity contribution in [3.63, 3.8) is 0 Å². The molecule has 60 heavy (non-hydrogen) atoms. The fourth-order valence-corrected chi connectivity index (χ4v) is 9.06. The van der Waals surface area contributed by atoms with Gasteiger partial charge in [0.2, 0.25) is 0 Å². The summed E-state index contributed by atoms with van der Waals surface area (Å²) in [5, 5.41) is 7.44. The molecule has 0 N–H and O–H groups in total. The van der Waals surface area contributed by atoms with Gasteiger partial charge in [-0.1, -0.05) is 231 Å². The molecular weight excluding hydrogens is 721 g/mol. The van der Waals surface area contributed by atoms with Gasteiger partial charge in [-0.15, -0.1) is 0 Å². The lowest BCUT2D eigenvalue weighted by molar-refractivity contribution is 1.59. The lowest BCUT2D eigenvalue weighted by Crippen LogP contribution is -1.93. The summed E-state index contributed by atoms with van der Waals surface area (Å²) < 4.78 is 0. The van der Waals surface area contributed by atoms with Crippen molar-refractivity contribution in [1.82, 2.24) is 0 Å². The van der Waals surface area contributed by atoms with Gasteiger partial charge >= 0.3 is 0 Å². The summed E-state index contributed by atoms with van der Waals surface area (Å²) in [6, 6.07) is 88.8. The summed E-state index contributed by atoms with van der Waals surface area (Å²) in [6.07, 6.45) is 0. The van der Waals surface area contributed by atoms with E-state index in [1.807, 2.05) is 0 Å². The molecule has 0 fully saturated rings. The molecule has 0 unspecified atom stereocenters. The van der Waals surface area contributed by atoms with E-state index in [4.69, 9.17) is 0 Å². The van der Waals surface area contributed by atoms with Crippen LogP contribution in [0.25, 0.3) is 110 Å². The van der Waals surface area contributed by atoms with Gasteiger partial charge in [-0.3, -0.25) is 0 Å². The first-order valence-electron chi connectivity index (χ1n) is 20.7. The van der Waals surface area contributed by atoms with Crippen molar-refractivity contribution in [2.75, 3.05) is 0 Å². The topological polar surface area (TPSA) is 0 Å². The molecule has 0 atom stereocenters. The molecule has 0 bridgehead atoms. The highest BCUT2D eigenvalue weighted by atomic mass is 14.2. The maximum Gasteiger partial charge on any atom is -0.00199 e. The van der Waals surface area contributed by atoms with Gasteiger partial charge in [-0.25, -0.2) is 0 Å². The summed E-state index contributed by atoms with van der Waals surface area (Å²) in [6.45, 7) is 0. The van der Waals surface area contributed by atoms with E-state index in [0.717, 1.165) is 0 Å². The van der Waals surface area contributed by atoms with E-state index in [-0.39, 0.29) is 0 Å². The molecule has 0 aliphatic heterocycles. The average molecular weight is 761 g/mol. The maximum atomic E-state index is 2.43. The predicted octanol–water partition coefficient (Wildman–Crippen LogP) is 16.8. The Morgan fingerprint density at radius 2 is 0.500 bits per heavy atom. The van der Waals surface area contributed by atoms with Gasteiger partial charge in [0.15, 0.2) is 0 Å².